The number of nitrogens with zero attached hydrogens (tertiary/aromatic N) is 2. The van der Waals surface area contributed by atoms with Gasteiger partial charge in [-0.1, -0.05) is 23.2 Å². The Bertz CT molecular complexity index is 477. The van der Waals surface area contributed by atoms with Crippen LogP contribution >= 0.6 is 23.2 Å². The van der Waals surface area contributed by atoms with Crippen molar-refractivity contribution in [3.05, 3.63) is 22.3 Å². The van der Waals surface area contributed by atoms with E-state index in [-0.39, 0.29) is 12.1 Å². The molecule has 20 heavy (non-hydrogen) atoms. The molecule has 110 valence electrons. The molecule has 0 aromatic carbocycles. The number of amides is 1. The number of anilines is 1. The van der Waals surface area contributed by atoms with Gasteiger partial charge in [0.15, 0.2) is 0 Å². The molecular weight excluding hydrogens is 301 g/mol. The number of rotatable bonds is 3. The molecule has 0 spiro atoms. The molecule has 1 saturated heterocycles. The van der Waals surface area contributed by atoms with Gasteiger partial charge in [0.1, 0.15) is 5.82 Å². The molecule has 2 rings (SSSR count). The molecule has 0 saturated carbocycles. The van der Waals surface area contributed by atoms with Gasteiger partial charge in [-0.2, -0.15) is 0 Å². The van der Waals surface area contributed by atoms with Gasteiger partial charge in [-0.25, -0.2) is 9.78 Å². The number of likely N-dealkylation sites (tertiary alicyclic amines) is 1. The van der Waals surface area contributed by atoms with Gasteiger partial charge in [0, 0.05) is 25.3 Å². The highest BCUT2D eigenvalue weighted by Gasteiger charge is 2.24. The van der Waals surface area contributed by atoms with Gasteiger partial charge >= 0.3 is 6.09 Å². The van der Waals surface area contributed by atoms with Gasteiger partial charge in [-0.15, -0.1) is 0 Å². The van der Waals surface area contributed by atoms with Crippen LogP contribution in [0.4, 0.5) is 10.6 Å². The Hall–Kier alpha value is -1.20. The third kappa shape index (κ3) is 3.90. The zero-order valence-electron chi connectivity index (χ0n) is 11.2. The van der Waals surface area contributed by atoms with Crippen LogP contribution < -0.4 is 5.32 Å². The second-order valence-electron chi connectivity index (χ2n) is 4.59. The van der Waals surface area contributed by atoms with Crippen molar-refractivity contribution in [3.8, 4) is 0 Å². The van der Waals surface area contributed by atoms with Crippen LogP contribution in [0.1, 0.15) is 19.8 Å². The average molecular weight is 318 g/mol. The number of aromatic nitrogens is 1. The van der Waals surface area contributed by atoms with Gasteiger partial charge in [-0.05, 0) is 25.8 Å². The lowest BCUT2D eigenvalue weighted by Crippen LogP contribution is -2.42. The van der Waals surface area contributed by atoms with Gasteiger partial charge in [0.05, 0.1) is 16.7 Å². The summed E-state index contributed by atoms with van der Waals surface area (Å²) in [6.45, 7) is 3.55. The fourth-order valence-electron chi connectivity index (χ4n) is 2.14. The Morgan fingerprint density at radius 2 is 2.20 bits per heavy atom. The topological polar surface area (TPSA) is 54.5 Å². The minimum absolute atomic E-state index is 0.242. The quantitative estimate of drug-likeness (QED) is 0.928. The Morgan fingerprint density at radius 3 is 2.80 bits per heavy atom. The number of ether oxygens (including phenoxy) is 1. The first-order valence-electron chi connectivity index (χ1n) is 6.59. The van der Waals surface area contributed by atoms with Crippen molar-refractivity contribution in [3.63, 3.8) is 0 Å². The standard InChI is InChI=1S/C13H17Cl2N3O2/c1-2-20-13(19)18-5-3-10(4-6-18)17-12-11(15)7-9(14)8-16-12/h7-8,10H,2-6H2,1H3,(H,16,17). The highest BCUT2D eigenvalue weighted by molar-refractivity contribution is 6.35. The first-order chi connectivity index (χ1) is 9.60. The number of hydrogen-bond acceptors (Lipinski definition) is 4. The molecule has 1 aliphatic rings. The van der Waals surface area contributed by atoms with Crippen LogP contribution in [0.25, 0.3) is 0 Å². The van der Waals surface area contributed by atoms with Gasteiger partial charge in [0.25, 0.3) is 0 Å². The van der Waals surface area contributed by atoms with Crippen LogP contribution in [0.3, 0.4) is 0 Å². The van der Waals surface area contributed by atoms with Crippen molar-refractivity contribution >= 4 is 35.1 Å². The maximum absolute atomic E-state index is 11.6. The fraction of sp³-hybridized carbons (Fsp3) is 0.538. The highest BCUT2D eigenvalue weighted by Crippen LogP contribution is 2.25. The van der Waals surface area contributed by atoms with Crippen molar-refractivity contribution in [1.82, 2.24) is 9.88 Å². The summed E-state index contributed by atoms with van der Waals surface area (Å²) in [5.74, 6) is 0.630. The van der Waals surface area contributed by atoms with E-state index in [0.29, 0.717) is 35.6 Å². The number of carbonyl (C=O) groups excluding carboxylic acids is 1. The van der Waals surface area contributed by atoms with Crippen molar-refractivity contribution in [2.24, 2.45) is 0 Å². The van der Waals surface area contributed by atoms with Crippen LogP contribution in [0, 0.1) is 0 Å². The molecule has 0 unspecified atom stereocenters. The normalized spacial score (nSPS) is 16.1. The summed E-state index contributed by atoms with van der Waals surface area (Å²) < 4.78 is 4.99. The lowest BCUT2D eigenvalue weighted by atomic mass is 10.1. The first-order valence-corrected chi connectivity index (χ1v) is 7.35. The summed E-state index contributed by atoms with van der Waals surface area (Å²) in [6, 6.07) is 1.90. The summed E-state index contributed by atoms with van der Waals surface area (Å²) >= 11 is 11.9. The SMILES string of the molecule is CCOC(=O)N1CCC(Nc2ncc(Cl)cc2Cl)CC1. The van der Waals surface area contributed by atoms with E-state index in [4.69, 9.17) is 27.9 Å². The zero-order chi connectivity index (χ0) is 14.5. The predicted molar refractivity (Wildman–Crippen MR) is 79.5 cm³/mol. The van der Waals surface area contributed by atoms with Crippen LogP contribution in [0.15, 0.2) is 12.3 Å². The molecule has 1 aliphatic heterocycles. The first kappa shape index (κ1) is 15.2. The Labute approximate surface area is 128 Å². The lowest BCUT2D eigenvalue weighted by Gasteiger charge is -2.32. The maximum Gasteiger partial charge on any atom is 0.409 e. The fourth-order valence-corrected chi connectivity index (χ4v) is 2.57. The molecule has 0 atom stereocenters. The van der Waals surface area contributed by atoms with Crippen molar-refractivity contribution in [1.29, 1.82) is 0 Å². The van der Waals surface area contributed by atoms with Crippen molar-refractivity contribution in [2.75, 3.05) is 25.0 Å². The number of pyridine rings is 1. The molecule has 1 fully saturated rings. The third-order valence-corrected chi connectivity index (χ3v) is 3.66. The Kier molecular flexibility index (Phi) is 5.31. The largest absolute Gasteiger partial charge is 0.450 e. The second-order valence-corrected chi connectivity index (χ2v) is 5.43. The van der Waals surface area contributed by atoms with E-state index >= 15 is 0 Å². The molecular formula is C13H17Cl2N3O2. The van der Waals surface area contributed by atoms with Gasteiger partial charge in [0.2, 0.25) is 0 Å². The summed E-state index contributed by atoms with van der Waals surface area (Å²) in [7, 11) is 0. The molecule has 1 aromatic rings. The summed E-state index contributed by atoms with van der Waals surface area (Å²) in [4.78, 5) is 17.5. The minimum atomic E-state index is -0.242. The smallest absolute Gasteiger partial charge is 0.409 e. The van der Waals surface area contributed by atoms with Crippen molar-refractivity contribution < 1.29 is 9.53 Å². The van der Waals surface area contributed by atoms with Gasteiger partial charge in [-0.3, -0.25) is 0 Å². The van der Waals surface area contributed by atoms with Crippen molar-refractivity contribution in [2.45, 2.75) is 25.8 Å². The molecule has 1 aromatic heterocycles. The second kappa shape index (κ2) is 6.99. The molecule has 1 N–H and O–H groups in total. The molecule has 0 bridgehead atoms. The summed E-state index contributed by atoms with van der Waals surface area (Å²) in [6.07, 6.45) is 2.98. The van der Waals surface area contributed by atoms with Crippen LogP contribution in [0.5, 0.6) is 0 Å². The number of halogens is 2. The van der Waals surface area contributed by atoms with Crippen LogP contribution in [-0.4, -0.2) is 41.7 Å². The summed E-state index contributed by atoms with van der Waals surface area (Å²) in [5, 5.41) is 4.30. The molecule has 2 heterocycles. The van der Waals surface area contributed by atoms with E-state index in [1.807, 2.05) is 0 Å². The average Bonchev–Trinajstić information content (AvgIpc) is 2.43. The Morgan fingerprint density at radius 1 is 1.50 bits per heavy atom. The van der Waals surface area contributed by atoms with Crippen LogP contribution in [0.2, 0.25) is 10.0 Å². The number of nitrogens with one attached hydrogen (secondary N) is 1. The monoisotopic (exact) mass is 317 g/mol. The molecule has 1 amide bonds. The minimum Gasteiger partial charge on any atom is -0.450 e. The van der Waals surface area contributed by atoms with Crippen LogP contribution in [-0.2, 0) is 4.74 Å². The lowest BCUT2D eigenvalue weighted by molar-refractivity contribution is 0.0983. The van der Waals surface area contributed by atoms with E-state index in [1.165, 1.54) is 0 Å². The predicted octanol–water partition coefficient (Wildman–Crippen LogP) is 3.42. The van der Waals surface area contributed by atoms with E-state index in [0.717, 1.165) is 12.8 Å². The van der Waals surface area contributed by atoms with E-state index in [1.54, 1.807) is 24.1 Å². The maximum atomic E-state index is 11.6. The molecule has 0 radical (unpaired) electrons. The molecule has 7 heteroatoms. The van der Waals surface area contributed by atoms with E-state index in [9.17, 15) is 4.79 Å². The zero-order valence-corrected chi connectivity index (χ0v) is 12.7. The Balaban J connectivity index is 1.86. The third-order valence-electron chi connectivity index (χ3n) is 3.17. The number of piperidine rings is 1. The number of hydrogen-bond donors (Lipinski definition) is 1. The van der Waals surface area contributed by atoms with E-state index < -0.39 is 0 Å². The highest BCUT2D eigenvalue weighted by atomic mass is 35.5. The number of carbonyl (C=O) groups is 1. The molecule has 0 aliphatic carbocycles. The van der Waals surface area contributed by atoms with Gasteiger partial charge < -0.3 is 15.0 Å². The summed E-state index contributed by atoms with van der Waals surface area (Å²) in [5.41, 5.74) is 0. The van der Waals surface area contributed by atoms with E-state index in [2.05, 4.69) is 10.3 Å². The molecule has 5 nitrogen and oxygen atoms in total.